The molecular formula is C13H26N2O3. The maximum Gasteiger partial charge on any atom is 0.236 e. The van der Waals surface area contributed by atoms with Gasteiger partial charge < -0.3 is 20.1 Å². The first-order valence-electron chi connectivity index (χ1n) is 6.80. The van der Waals surface area contributed by atoms with E-state index < -0.39 is 6.10 Å². The van der Waals surface area contributed by atoms with Crippen molar-refractivity contribution in [2.45, 2.75) is 44.3 Å². The van der Waals surface area contributed by atoms with Gasteiger partial charge in [-0.1, -0.05) is 19.3 Å². The third kappa shape index (κ3) is 6.33. The van der Waals surface area contributed by atoms with Crippen molar-refractivity contribution < 1.29 is 14.6 Å². The molecule has 106 valence electrons. The van der Waals surface area contributed by atoms with Crippen LogP contribution in [0.4, 0.5) is 0 Å². The molecule has 1 aliphatic rings. The Kier molecular flexibility index (Phi) is 7.23. The molecule has 1 saturated carbocycles. The lowest BCUT2D eigenvalue weighted by Crippen LogP contribution is -2.38. The van der Waals surface area contributed by atoms with Gasteiger partial charge in [0.05, 0.1) is 25.4 Å². The van der Waals surface area contributed by atoms with Gasteiger partial charge in [-0.25, -0.2) is 0 Å². The van der Waals surface area contributed by atoms with Crippen LogP contribution in [-0.2, 0) is 9.53 Å². The lowest BCUT2D eigenvalue weighted by molar-refractivity contribution is -0.127. The molecule has 5 heteroatoms. The summed E-state index contributed by atoms with van der Waals surface area (Å²) in [5, 5.41) is 12.7. The summed E-state index contributed by atoms with van der Waals surface area (Å²) in [5.74, 6) is 0.00963. The molecule has 0 aromatic rings. The molecule has 5 nitrogen and oxygen atoms in total. The monoisotopic (exact) mass is 258 g/mol. The maximum absolute atomic E-state index is 11.3. The first-order chi connectivity index (χ1) is 8.59. The molecule has 1 atom stereocenters. The molecule has 1 amide bonds. The summed E-state index contributed by atoms with van der Waals surface area (Å²) in [7, 11) is 3.43. The minimum absolute atomic E-state index is 0.00963. The van der Waals surface area contributed by atoms with Crippen LogP contribution in [0.2, 0.25) is 0 Å². The lowest BCUT2D eigenvalue weighted by atomic mass is 9.98. The quantitative estimate of drug-likeness (QED) is 0.693. The first-order valence-corrected chi connectivity index (χ1v) is 6.80. The van der Waals surface area contributed by atoms with Gasteiger partial charge in [-0.2, -0.15) is 0 Å². The summed E-state index contributed by atoms with van der Waals surface area (Å²) in [6.45, 7) is 1.01. The van der Waals surface area contributed by atoms with Gasteiger partial charge in [-0.15, -0.1) is 0 Å². The standard InChI is InChI=1S/C13H26N2O3/c1-15(2)13(17)9-14-8-11(16)10-18-12-6-4-3-5-7-12/h11-12,14,16H,3-10H2,1-2H3. The van der Waals surface area contributed by atoms with E-state index in [1.54, 1.807) is 14.1 Å². The number of carbonyl (C=O) groups is 1. The van der Waals surface area contributed by atoms with Gasteiger partial charge in [-0.05, 0) is 12.8 Å². The number of rotatable bonds is 7. The fourth-order valence-electron chi connectivity index (χ4n) is 2.04. The molecule has 0 spiro atoms. The molecule has 2 N–H and O–H groups in total. The molecule has 1 fully saturated rings. The van der Waals surface area contributed by atoms with E-state index in [9.17, 15) is 9.90 Å². The molecule has 0 aliphatic heterocycles. The summed E-state index contributed by atoms with van der Waals surface area (Å²) in [6.07, 6.45) is 5.76. The summed E-state index contributed by atoms with van der Waals surface area (Å²) < 4.78 is 5.66. The third-order valence-electron chi connectivity index (χ3n) is 3.23. The van der Waals surface area contributed by atoms with Crippen molar-refractivity contribution in [3.63, 3.8) is 0 Å². The Balaban J connectivity index is 2.02. The van der Waals surface area contributed by atoms with Gasteiger partial charge in [0.1, 0.15) is 0 Å². The van der Waals surface area contributed by atoms with E-state index in [0.717, 1.165) is 12.8 Å². The van der Waals surface area contributed by atoms with Crippen LogP contribution >= 0.6 is 0 Å². The van der Waals surface area contributed by atoms with E-state index >= 15 is 0 Å². The van der Waals surface area contributed by atoms with Gasteiger partial charge in [0.15, 0.2) is 0 Å². The van der Waals surface area contributed by atoms with Crippen LogP contribution in [0.1, 0.15) is 32.1 Å². The summed E-state index contributed by atoms with van der Waals surface area (Å²) in [4.78, 5) is 12.8. The second kappa shape index (κ2) is 8.45. The highest BCUT2D eigenvalue weighted by molar-refractivity contribution is 5.77. The van der Waals surface area contributed by atoms with E-state index in [4.69, 9.17) is 4.74 Å². The van der Waals surface area contributed by atoms with Gasteiger partial charge in [-0.3, -0.25) is 4.79 Å². The largest absolute Gasteiger partial charge is 0.389 e. The zero-order chi connectivity index (χ0) is 13.4. The number of nitrogens with one attached hydrogen (secondary N) is 1. The molecule has 1 unspecified atom stereocenters. The highest BCUT2D eigenvalue weighted by Crippen LogP contribution is 2.20. The number of ether oxygens (including phenoxy) is 1. The smallest absolute Gasteiger partial charge is 0.236 e. The van der Waals surface area contributed by atoms with Crippen LogP contribution in [0.25, 0.3) is 0 Å². The topological polar surface area (TPSA) is 61.8 Å². The molecule has 0 aromatic carbocycles. The number of nitrogens with zero attached hydrogens (tertiary/aromatic N) is 1. The fourth-order valence-corrected chi connectivity index (χ4v) is 2.04. The van der Waals surface area contributed by atoms with Crippen LogP contribution in [0.3, 0.4) is 0 Å². The highest BCUT2D eigenvalue weighted by atomic mass is 16.5. The minimum Gasteiger partial charge on any atom is -0.389 e. The summed E-state index contributed by atoms with van der Waals surface area (Å²) >= 11 is 0. The molecule has 0 saturated heterocycles. The molecule has 0 heterocycles. The Hall–Kier alpha value is -0.650. The molecule has 1 aliphatic carbocycles. The minimum atomic E-state index is -0.540. The van der Waals surface area contributed by atoms with E-state index in [2.05, 4.69) is 5.32 Å². The number of hydrogen-bond acceptors (Lipinski definition) is 4. The Morgan fingerprint density at radius 3 is 2.67 bits per heavy atom. The van der Waals surface area contributed by atoms with Gasteiger partial charge in [0.25, 0.3) is 0 Å². The van der Waals surface area contributed by atoms with E-state index in [0.29, 0.717) is 19.3 Å². The first kappa shape index (κ1) is 15.4. The molecule has 1 rings (SSSR count). The van der Waals surface area contributed by atoms with Gasteiger partial charge in [0, 0.05) is 20.6 Å². The lowest BCUT2D eigenvalue weighted by Gasteiger charge is -2.23. The Labute approximate surface area is 109 Å². The normalized spacial score (nSPS) is 18.6. The Morgan fingerprint density at radius 1 is 1.39 bits per heavy atom. The predicted molar refractivity (Wildman–Crippen MR) is 70.4 cm³/mol. The van der Waals surface area contributed by atoms with E-state index in [1.807, 2.05) is 0 Å². The fraction of sp³-hybridized carbons (Fsp3) is 0.923. The molecular weight excluding hydrogens is 232 g/mol. The number of amides is 1. The average molecular weight is 258 g/mol. The van der Waals surface area contributed by atoms with Gasteiger partial charge >= 0.3 is 0 Å². The Bertz CT molecular complexity index is 240. The van der Waals surface area contributed by atoms with Crippen molar-refractivity contribution in [3.8, 4) is 0 Å². The average Bonchev–Trinajstić information content (AvgIpc) is 2.37. The number of aliphatic hydroxyl groups is 1. The van der Waals surface area contributed by atoms with Crippen molar-refractivity contribution >= 4 is 5.91 Å². The highest BCUT2D eigenvalue weighted by Gasteiger charge is 2.15. The number of hydrogen-bond donors (Lipinski definition) is 2. The number of carbonyl (C=O) groups excluding carboxylic acids is 1. The van der Waals surface area contributed by atoms with Crippen molar-refractivity contribution in [3.05, 3.63) is 0 Å². The summed E-state index contributed by atoms with van der Waals surface area (Å²) in [6, 6.07) is 0. The van der Waals surface area contributed by atoms with Crippen LogP contribution in [0.15, 0.2) is 0 Å². The SMILES string of the molecule is CN(C)C(=O)CNCC(O)COC1CCCCC1. The van der Waals surface area contributed by atoms with E-state index in [1.165, 1.54) is 24.2 Å². The Morgan fingerprint density at radius 2 is 2.06 bits per heavy atom. The molecule has 0 aromatic heterocycles. The van der Waals surface area contributed by atoms with Crippen molar-refractivity contribution in [2.75, 3.05) is 33.8 Å². The molecule has 0 bridgehead atoms. The van der Waals surface area contributed by atoms with Crippen molar-refractivity contribution in [2.24, 2.45) is 0 Å². The predicted octanol–water partition coefficient (Wildman–Crippen LogP) is 0.374. The van der Waals surface area contributed by atoms with Crippen LogP contribution in [-0.4, -0.2) is 61.9 Å². The van der Waals surface area contributed by atoms with Crippen molar-refractivity contribution in [1.82, 2.24) is 10.2 Å². The maximum atomic E-state index is 11.3. The third-order valence-corrected chi connectivity index (χ3v) is 3.23. The second-order valence-electron chi connectivity index (χ2n) is 5.17. The number of likely N-dealkylation sites (N-methyl/N-ethyl adjacent to an activating group) is 1. The van der Waals surface area contributed by atoms with Crippen LogP contribution in [0.5, 0.6) is 0 Å². The van der Waals surface area contributed by atoms with E-state index in [-0.39, 0.29) is 12.5 Å². The molecule has 18 heavy (non-hydrogen) atoms. The van der Waals surface area contributed by atoms with Crippen LogP contribution in [0, 0.1) is 0 Å². The zero-order valence-electron chi connectivity index (χ0n) is 11.5. The molecule has 0 radical (unpaired) electrons. The van der Waals surface area contributed by atoms with Crippen molar-refractivity contribution in [1.29, 1.82) is 0 Å². The van der Waals surface area contributed by atoms with Gasteiger partial charge in [0.2, 0.25) is 5.91 Å². The second-order valence-corrected chi connectivity index (χ2v) is 5.17. The van der Waals surface area contributed by atoms with Crippen LogP contribution < -0.4 is 5.32 Å². The summed E-state index contributed by atoms with van der Waals surface area (Å²) in [5.41, 5.74) is 0. The zero-order valence-corrected chi connectivity index (χ0v) is 11.5. The number of aliphatic hydroxyl groups excluding tert-OH is 1.